The first-order valence-electron chi connectivity index (χ1n) is 11.8. The highest BCUT2D eigenvalue weighted by atomic mass is 31.2. The van der Waals surface area contributed by atoms with Crippen molar-refractivity contribution in [1.82, 2.24) is 4.90 Å². The summed E-state index contributed by atoms with van der Waals surface area (Å²) in [5.74, 6) is -0.282. The third kappa shape index (κ3) is 3.99. The maximum absolute atomic E-state index is 15.7. The van der Waals surface area contributed by atoms with Crippen LogP contribution in [0.4, 0.5) is 11.4 Å². The molecule has 3 aromatic carbocycles. The minimum Gasteiger partial charge on any atom is -0.378 e. The van der Waals surface area contributed by atoms with Gasteiger partial charge in [-0.2, -0.15) is 0 Å². The van der Waals surface area contributed by atoms with Crippen molar-refractivity contribution >= 4 is 18.8 Å². The van der Waals surface area contributed by atoms with Crippen LogP contribution >= 0.6 is 7.44 Å². The van der Waals surface area contributed by atoms with Crippen LogP contribution in [-0.4, -0.2) is 43.3 Å². The number of anilines is 2. The van der Waals surface area contributed by atoms with Crippen molar-refractivity contribution < 1.29 is 9.30 Å². The van der Waals surface area contributed by atoms with Gasteiger partial charge < -0.3 is 14.1 Å². The van der Waals surface area contributed by atoms with Gasteiger partial charge in [0.25, 0.3) is 7.44 Å². The molecule has 172 valence electrons. The van der Waals surface area contributed by atoms with Crippen LogP contribution in [0.15, 0.2) is 91.0 Å². The highest BCUT2D eigenvalue weighted by molar-refractivity contribution is 7.67. The standard InChI is InChI=1S/C27H32N3O2P/c1-22-20-32-21-23(2)30(22)27(24-12-6-3-7-13-24)33(31)28(25-14-8-4-9-15-25)18-19-29(33)26-16-10-5-11-17-26/h3-17,22-23,27H,18-21H2,1-2H3/t22?,23?,27-/m0/s1. The summed E-state index contributed by atoms with van der Waals surface area (Å²) in [6.45, 7) is 7.09. The molecule has 2 fully saturated rings. The summed E-state index contributed by atoms with van der Waals surface area (Å²) in [5.41, 5.74) is 3.10. The Morgan fingerprint density at radius 2 is 1.15 bits per heavy atom. The lowest BCUT2D eigenvalue weighted by Gasteiger charge is -2.49. The Hall–Kier alpha value is -2.59. The summed E-state index contributed by atoms with van der Waals surface area (Å²) in [7, 11) is -3.17. The Morgan fingerprint density at radius 3 is 1.61 bits per heavy atom. The van der Waals surface area contributed by atoms with Crippen molar-refractivity contribution in [3.05, 3.63) is 96.6 Å². The van der Waals surface area contributed by atoms with Crippen LogP contribution in [0.5, 0.6) is 0 Å². The molecule has 2 heterocycles. The monoisotopic (exact) mass is 461 g/mol. The summed E-state index contributed by atoms with van der Waals surface area (Å²) >= 11 is 0. The maximum Gasteiger partial charge on any atom is 0.284 e. The maximum atomic E-state index is 15.7. The van der Waals surface area contributed by atoms with E-state index in [1.807, 2.05) is 42.5 Å². The van der Waals surface area contributed by atoms with Gasteiger partial charge in [-0.1, -0.05) is 66.7 Å². The van der Waals surface area contributed by atoms with E-state index in [1.165, 1.54) is 0 Å². The molecule has 6 heteroatoms. The molecule has 0 radical (unpaired) electrons. The van der Waals surface area contributed by atoms with Gasteiger partial charge in [-0.25, -0.2) is 0 Å². The van der Waals surface area contributed by atoms with E-state index >= 15 is 4.57 Å². The van der Waals surface area contributed by atoms with Crippen molar-refractivity contribution in [3.63, 3.8) is 0 Å². The van der Waals surface area contributed by atoms with Gasteiger partial charge in [0.15, 0.2) is 0 Å². The highest BCUT2D eigenvalue weighted by Crippen LogP contribution is 2.70. The van der Waals surface area contributed by atoms with E-state index in [9.17, 15) is 0 Å². The number of benzene rings is 3. The molecule has 0 spiro atoms. The SMILES string of the molecule is CC1COCC(C)N1[C@H](c1ccccc1)P1(=O)N(c2ccccc2)CCN1c1ccccc1. The van der Waals surface area contributed by atoms with Gasteiger partial charge in [-0.15, -0.1) is 0 Å². The van der Waals surface area contributed by atoms with Gasteiger partial charge in [0, 0.05) is 36.5 Å². The molecular formula is C27H32N3O2P. The molecule has 0 bridgehead atoms. The fourth-order valence-corrected chi connectivity index (χ4v) is 9.15. The quantitative estimate of drug-likeness (QED) is 0.435. The minimum absolute atomic E-state index is 0.153. The number of rotatable bonds is 5. The molecular weight excluding hydrogens is 429 g/mol. The predicted octanol–water partition coefficient (Wildman–Crippen LogP) is 6.01. The number of nitrogens with zero attached hydrogens (tertiary/aromatic N) is 3. The predicted molar refractivity (Wildman–Crippen MR) is 136 cm³/mol. The van der Waals surface area contributed by atoms with Crippen LogP contribution in [0, 0.1) is 0 Å². The van der Waals surface area contributed by atoms with Gasteiger partial charge in [0.2, 0.25) is 0 Å². The van der Waals surface area contributed by atoms with Crippen LogP contribution in [0.3, 0.4) is 0 Å². The third-order valence-corrected chi connectivity index (χ3v) is 10.2. The summed E-state index contributed by atoms with van der Waals surface area (Å²) in [5, 5.41) is 0. The molecule has 2 aliphatic heterocycles. The van der Waals surface area contributed by atoms with Crippen molar-refractivity contribution in [3.8, 4) is 0 Å². The van der Waals surface area contributed by atoms with E-state index in [1.54, 1.807) is 0 Å². The highest BCUT2D eigenvalue weighted by Gasteiger charge is 2.54. The van der Waals surface area contributed by atoms with Crippen molar-refractivity contribution in [2.75, 3.05) is 35.6 Å². The van der Waals surface area contributed by atoms with Crippen molar-refractivity contribution in [2.24, 2.45) is 0 Å². The lowest BCUT2D eigenvalue weighted by molar-refractivity contribution is -0.0448. The largest absolute Gasteiger partial charge is 0.378 e. The van der Waals surface area contributed by atoms with Crippen LogP contribution in [-0.2, 0) is 9.30 Å². The fraction of sp³-hybridized carbons (Fsp3) is 0.333. The van der Waals surface area contributed by atoms with E-state index in [0.29, 0.717) is 26.3 Å². The molecule has 0 aliphatic carbocycles. The lowest BCUT2D eigenvalue weighted by atomic mass is 10.1. The smallest absolute Gasteiger partial charge is 0.284 e. The minimum atomic E-state index is -3.17. The first kappa shape index (κ1) is 22.2. The van der Waals surface area contributed by atoms with Gasteiger partial charge in [-0.05, 0) is 43.7 Å². The molecule has 5 nitrogen and oxygen atoms in total. The average molecular weight is 462 g/mol. The Balaban J connectivity index is 1.72. The second kappa shape index (κ2) is 9.34. The Kier molecular flexibility index (Phi) is 6.29. The van der Waals surface area contributed by atoms with Crippen LogP contribution in [0.1, 0.15) is 25.2 Å². The van der Waals surface area contributed by atoms with Gasteiger partial charge >= 0.3 is 0 Å². The first-order chi connectivity index (χ1) is 16.1. The van der Waals surface area contributed by atoms with Crippen LogP contribution in [0.2, 0.25) is 0 Å². The molecule has 2 unspecified atom stereocenters. The topological polar surface area (TPSA) is 36.0 Å². The van der Waals surface area contributed by atoms with E-state index in [4.69, 9.17) is 4.74 Å². The van der Waals surface area contributed by atoms with Crippen molar-refractivity contribution in [2.45, 2.75) is 31.7 Å². The van der Waals surface area contributed by atoms with Crippen LogP contribution in [0.25, 0.3) is 0 Å². The number of hydrogen-bond donors (Lipinski definition) is 0. The van der Waals surface area contributed by atoms with E-state index in [2.05, 4.69) is 76.6 Å². The number of para-hydroxylation sites is 2. The van der Waals surface area contributed by atoms with Crippen molar-refractivity contribution in [1.29, 1.82) is 0 Å². The zero-order valence-electron chi connectivity index (χ0n) is 19.3. The van der Waals surface area contributed by atoms with Gasteiger partial charge in [-0.3, -0.25) is 9.46 Å². The second-order valence-corrected chi connectivity index (χ2v) is 11.6. The molecule has 3 atom stereocenters. The van der Waals surface area contributed by atoms with E-state index in [0.717, 1.165) is 16.9 Å². The molecule has 2 saturated heterocycles. The lowest BCUT2D eigenvalue weighted by Crippen LogP contribution is -2.52. The molecule has 0 N–H and O–H groups in total. The van der Waals surface area contributed by atoms with Gasteiger partial charge in [0.05, 0.1) is 13.2 Å². The summed E-state index contributed by atoms with van der Waals surface area (Å²) in [6, 6.07) is 31.2. The molecule has 2 aliphatic rings. The number of ether oxygens (including phenoxy) is 1. The second-order valence-electron chi connectivity index (χ2n) is 8.97. The van der Waals surface area contributed by atoms with E-state index in [-0.39, 0.29) is 17.9 Å². The third-order valence-electron chi connectivity index (χ3n) is 6.76. The molecule has 3 aromatic rings. The Bertz CT molecular complexity index is 1030. The zero-order valence-corrected chi connectivity index (χ0v) is 20.2. The van der Waals surface area contributed by atoms with E-state index < -0.39 is 7.44 Å². The number of morpholine rings is 1. The molecule has 0 amide bonds. The molecule has 5 rings (SSSR count). The number of hydrogen-bond acceptors (Lipinski definition) is 3. The fourth-order valence-electron chi connectivity index (χ4n) is 5.32. The Labute approximate surface area is 197 Å². The molecule has 0 saturated carbocycles. The normalized spacial score (nSPS) is 24.1. The average Bonchev–Trinajstić information content (AvgIpc) is 3.20. The molecule has 0 aromatic heterocycles. The summed E-state index contributed by atoms with van der Waals surface area (Å²) in [4.78, 5) is 2.44. The first-order valence-corrected chi connectivity index (χ1v) is 13.4. The van der Waals surface area contributed by atoms with Gasteiger partial charge in [0.1, 0.15) is 5.78 Å². The summed E-state index contributed by atoms with van der Waals surface area (Å²) in [6.07, 6.45) is 0. The summed E-state index contributed by atoms with van der Waals surface area (Å²) < 4.78 is 26.0. The molecule has 33 heavy (non-hydrogen) atoms. The van der Waals surface area contributed by atoms with Crippen LogP contribution < -0.4 is 9.34 Å². The zero-order chi connectivity index (χ0) is 22.8. The Morgan fingerprint density at radius 1 is 0.727 bits per heavy atom.